The molecule has 1 atom stereocenters. The van der Waals surface area contributed by atoms with E-state index in [1.807, 2.05) is 6.08 Å². The highest BCUT2D eigenvalue weighted by molar-refractivity contribution is 5.18. The molecule has 18 heavy (non-hydrogen) atoms. The van der Waals surface area contributed by atoms with Crippen molar-refractivity contribution in [1.29, 1.82) is 0 Å². The fraction of sp³-hybridized carbons (Fsp3) is 0.467. The lowest BCUT2D eigenvalue weighted by Gasteiger charge is -2.18. The van der Waals surface area contributed by atoms with Crippen molar-refractivity contribution in [2.45, 2.75) is 38.6 Å². The van der Waals surface area contributed by atoms with E-state index in [0.29, 0.717) is 6.42 Å². The van der Waals surface area contributed by atoms with Crippen LogP contribution in [-0.2, 0) is 6.42 Å². The maximum absolute atomic E-state index is 13.1. The van der Waals surface area contributed by atoms with Gasteiger partial charge in [0.15, 0.2) is 11.6 Å². The standard InChI is InChI=1S/C15H21F2N/c1-3-5-6-13(18-9-4-2)10-12-7-8-14(16)15(17)11-12/h3,7-8,11,13,18H,1,4-6,9-10H2,2H3. The van der Waals surface area contributed by atoms with E-state index in [9.17, 15) is 8.78 Å². The summed E-state index contributed by atoms with van der Waals surface area (Å²) in [5, 5.41) is 3.42. The molecule has 0 saturated carbocycles. The molecule has 0 amide bonds. The van der Waals surface area contributed by atoms with Crippen molar-refractivity contribution >= 4 is 0 Å². The molecule has 0 saturated heterocycles. The van der Waals surface area contributed by atoms with E-state index in [1.54, 1.807) is 6.07 Å². The number of rotatable bonds is 8. The molecule has 0 heterocycles. The Morgan fingerprint density at radius 3 is 2.72 bits per heavy atom. The Morgan fingerprint density at radius 2 is 2.11 bits per heavy atom. The zero-order valence-electron chi connectivity index (χ0n) is 10.9. The summed E-state index contributed by atoms with van der Waals surface area (Å²) in [7, 11) is 0. The van der Waals surface area contributed by atoms with Crippen molar-refractivity contribution in [1.82, 2.24) is 5.32 Å². The van der Waals surface area contributed by atoms with Crippen molar-refractivity contribution in [2.75, 3.05) is 6.54 Å². The molecule has 3 heteroatoms. The van der Waals surface area contributed by atoms with Crippen LogP contribution in [0.25, 0.3) is 0 Å². The minimum atomic E-state index is -0.789. The highest BCUT2D eigenvalue weighted by atomic mass is 19.2. The number of nitrogens with one attached hydrogen (secondary N) is 1. The maximum Gasteiger partial charge on any atom is 0.159 e. The summed E-state index contributed by atoms with van der Waals surface area (Å²) in [6.45, 7) is 6.75. The fourth-order valence-corrected chi connectivity index (χ4v) is 1.89. The topological polar surface area (TPSA) is 12.0 Å². The normalized spacial score (nSPS) is 12.4. The van der Waals surface area contributed by atoms with E-state index in [2.05, 4.69) is 18.8 Å². The van der Waals surface area contributed by atoms with Crippen LogP contribution in [0.3, 0.4) is 0 Å². The largest absolute Gasteiger partial charge is 0.314 e. The van der Waals surface area contributed by atoms with Gasteiger partial charge in [-0.3, -0.25) is 0 Å². The van der Waals surface area contributed by atoms with Gasteiger partial charge in [-0.25, -0.2) is 8.78 Å². The van der Waals surface area contributed by atoms with Crippen LogP contribution in [0.15, 0.2) is 30.9 Å². The van der Waals surface area contributed by atoms with Gasteiger partial charge in [0.05, 0.1) is 0 Å². The summed E-state index contributed by atoms with van der Waals surface area (Å²) in [5.41, 5.74) is 0.826. The van der Waals surface area contributed by atoms with Crippen LogP contribution in [0.2, 0.25) is 0 Å². The van der Waals surface area contributed by atoms with Gasteiger partial charge in [-0.1, -0.05) is 19.1 Å². The fourth-order valence-electron chi connectivity index (χ4n) is 1.89. The molecule has 0 aliphatic rings. The third kappa shape index (κ3) is 4.96. The third-order valence-corrected chi connectivity index (χ3v) is 2.87. The maximum atomic E-state index is 13.1. The molecule has 1 N–H and O–H groups in total. The number of allylic oxidation sites excluding steroid dienone is 1. The molecule has 0 aliphatic carbocycles. The minimum Gasteiger partial charge on any atom is -0.314 e. The minimum absolute atomic E-state index is 0.285. The van der Waals surface area contributed by atoms with Crippen molar-refractivity contribution in [3.8, 4) is 0 Å². The molecule has 1 rings (SSSR count). The molecule has 0 radical (unpaired) electrons. The van der Waals surface area contributed by atoms with Gasteiger partial charge in [-0.05, 0) is 49.9 Å². The predicted octanol–water partition coefficient (Wildman–Crippen LogP) is 3.84. The first-order valence-corrected chi connectivity index (χ1v) is 6.45. The van der Waals surface area contributed by atoms with Crippen molar-refractivity contribution in [3.63, 3.8) is 0 Å². The van der Waals surface area contributed by atoms with Crippen LogP contribution in [0.4, 0.5) is 8.78 Å². The summed E-state index contributed by atoms with van der Waals surface area (Å²) in [6, 6.07) is 4.40. The second-order valence-electron chi connectivity index (χ2n) is 4.47. The zero-order valence-corrected chi connectivity index (χ0v) is 10.9. The summed E-state index contributed by atoms with van der Waals surface area (Å²) >= 11 is 0. The molecule has 1 aromatic rings. The molecule has 1 aromatic carbocycles. The van der Waals surface area contributed by atoms with Gasteiger partial charge in [0.25, 0.3) is 0 Å². The van der Waals surface area contributed by atoms with Gasteiger partial charge in [0.2, 0.25) is 0 Å². The summed E-state index contributed by atoms with van der Waals surface area (Å²) < 4.78 is 26.0. The second-order valence-corrected chi connectivity index (χ2v) is 4.47. The molecular formula is C15H21F2N. The van der Waals surface area contributed by atoms with E-state index in [1.165, 1.54) is 12.1 Å². The molecule has 0 spiro atoms. The van der Waals surface area contributed by atoms with Crippen molar-refractivity contribution in [3.05, 3.63) is 48.1 Å². The first-order valence-electron chi connectivity index (χ1n) is 6.45. The smallest absolute Gasteiger partial charge is 0.159 e. The van der Waals surface area contributed by atoms with Crippen LogP contribution in [0.1, 0.15) is 31.7 Å². The van der Waals surface area contributed by atoms with Gasteiger partial charge in [-0.15, -0.1) is 6.58 Å². The Balaban J connectivity index is 2.62. The molecule has 1 unspecified atom stereocenters. The van der Waals surface area contributed by atoms with E-state index in [-0.39, 0.29) is 6.04 Å². The Hall–Kier alpha value is -1.22. The highest BCUT2D eigenvalue weighted by Gasteiger charge is 2.10. The lowest BCUT2D eigenvalue weighted by atomic mass is 10.0. The van der Waals surface area contributed by atoms with Crippen LogP contribution in [0, 0.1) is 11.6 Å². The SMILES string of the molecule is C=CCCC(Cc1ccc(F)c(F)c1)NCCC. The Bertz CT molecular complexity index is 377. The molecule has 0 bridgehead atoms. The van der Waals surface area contributed by atoms with Crippen molar-refractivity contribution in [2.24, 2.45) is 0 Å². The van der Waals surface area contributed by atoms with Crippen LogP contribution < -0.4 is 5.32 Å². The van der Waals surface area contributed by atoms with Gasteiger partial charge in [0, 0.05) is 6.04 Å². The Labute approximate surface area is 108 Å². The van der Waals surface area contributed by atoms with Crippen LogP contribution >= 0.6 is 0 Å². The summed E-state index contributed by atoms with van der Waals surface area (Å²) in [4.78, 5) is 0. The van der Waals surface area contributed by atoms with Crippen LogP contribution in [0.5, 0.6) is 0 Å². The van der Waals surface area contributed by atoms with E-state index < -0.39 is 11.6 Å². The summed E-state index contributed by atoms with van der Waals surface area (Å²) in [6.07, 6.45) is 5.53. The molecule has 1 nitrogen and oxygen atoms in total. The number of benzene rings is 1. The monoisotopic (exact) mass is 253 g/mol. The lowest BCUT2D eigenvalue weighted by Crippen LogP contribution is -2.31. The molecule has 0 fully saturated rings. The number of halogens is 2. The predicted molar refractivity (Wildman–Crippen MR) is 71.6 cm³/mol. The van der Waals surface area contributed by atoms with Crippen molar-refractivity contribution < 1.29 is 8.78 Å². The lowest BCUT2D eigenvalue weighted by molar-refractivity contribution is 0.475. The van der Waals surface area contributed by atoms with Gasteiger partial charge in [0.1, 0.15) is 0 Å². The first-order chi connectivity index (χ1) is 8.67. The van der Waals surface area contributed by atoms with E-state index in [4.69, 9.17) is 0 Å². The van der Waals surface area contributed by atoms with E-state index >= 15 is 0 Å². The molecule has 0 aliphatic heterocycles. The van der Waals surface area contributed by atoms with Gasteiger partial charge >= 0.3 is 0 Å². The highest BCUT2D eigenvalue weighted by Crippen LogP contribution is 2.12. The average Bonchev–Trinajstić information content (AvgIpc) is 2.37. The number of hydrogen-bond donors (Lipinski definition) is 1. The van der Waals surface area contributed by atoms with Gasteiger partial charge < -0.3 is 5.32 Å². The zero-order chi connectivity index (χ0) is 13.4. The van der Waals surface area contributed by atoms with E-state index in [0.717, 1.165) is 31.4 Å². The van der Waals surface area contributed by atoms with Gasteiger partial charge in [-0.2, -0.15) is 0 Å². The third-order valence-electron chi connectivity index (χ3n) is 2.87. The quantitative estimate of drug-likeness (QED) is 0.694. The Kier molecular flexibility index (Phi) is 6.58. The molecule has 0 aromatic heterocycles. The molecular weight excluding hydrogens is 232 g/mol. The summed E-state index contributed by atoms with van der Waals surface area (Å²) in [5.74, 6) is -1.56. The second kappa shape index (κ2) is 7.98. The number of hydrogen-bond acceptors (Lipinski definition) is 1. The first kappa shape index (κ1) is 14.8. The average molecular weight is 253 g/mol. The Morgan fingerprint density at radius 1 is 1.33 bits per heavy atom. The van der Waals surface area contributed by atoms with Crippen LogP contribution in [-0.4, -0.2) is 12.6 Å². The molecule has 100 valence electrons.